The lowest BCUT2D eigenvalue weighted by Gasteiger charge is -2.21. The van der Waals surface area contributed by atoms with Gasteiger partial charge in [-0.3, -0.25) is 0 Å². The van der Waals surface area contributed by atoms with E-state index >= 15 is 0 Å². The molecule has 2 atom stereocenters. The highest BCUT2D eigenvalue weighted by Gasteiger charge is 2.16. The van der Waals surface area contributed by atoms with Crippen LogP contribution in [0.4, 0.5) is 4.39 Å². The lowest BCUT2D eigenvalue weighted by atomic mass is 9.87. The van der Waals surface area contributed by atoms with E-state index in [4.69, 9.17) is 11.6 Å². The highest BCUT2D eigenvalue weighted by atomic mass is 35.5. The first kappa shape index (κ1) is 13.5. The second kappa shape index (κ2) is 6.90. The Hall–Kier alpha value is -0.560. The molecule has 90 valence electrons. The Bertz CT molecular complexity index is 294. The highest BCUT2D eigenvalue weighted by molar-refractivity contribution is 6.18. The van der Waals surface area contributed by atoms with E-state index in [1.54, 1.807) is 0 Å². The van der Waals surface area contributed by atoms with Crippen LogP contribution in [0.25, 0.3) is 0 Å². The minimum absolute atomic E-state index is 0.173. The Morgan fingerprint density at radius 1 is 1.25 bits per heavy atom. The number of hydrogen-bond acceptors (Lipinski definition) is 0. The van der Waals surface area contributed by atoms with E-state index in [9.17, 15) is 4.39 Å². The predicted molar refractivity (Wildman–Crippen MR) is 68.4 cm³/mol. The summed E-state index contributed by atoms with van der Waals surface area (Å²) in [4.78, 5) is 0. The van der Waals surface area contributed by atoms with Crippen LogP contribution in [-0.2, 0) is 6.42 Å². The third kappa shape index (κ3) is 4.13. The van der Waals surface area contributed by atoms with Gasteiger partial charge in [0, 0.05) is 5.88 Å². The summed E-state index contributed by atoms with van der Waals surface area (Å²) in [7, 11) is 0. The molecule has 16 heavy (non-hydrogen) atoms. The van der Waals surface area contributed by atoms with Crippen LogP contribution in [0.2, 0.25) is 0 Å². The molecule has 0 saturated carbocycles. The molecule has 2 heteroatoms. The normalized spacial score (nSPS) is 14.8. The number of rotatable bonds is 6. The Morgan fingerprint density at radius 2 is 1.88 bits per heavy atom. The van der Waals surface area contributed by atoms with Gasteiger partial charge in [0.05, 0.1) is 0 Å². The van der Waals surface area contributed by atoms with Crippen LogP contribution in [0.1, 0.15) is 32.3 Å². The van der Waals surface area contributed by atoms with Crippen LogP contribution < -0.4 is 0 Å². The van der Waals surface area contributed by atoms with Gasteiger partial charge in [-0.2, -0.15) is 0 Å². The molecule has 2 unspecified atom stereocenters. The summed E-state index contributed by atoms with van der Waals surface area (Å²) in [6.07, 6.45) is 3.35. The Kier molecular flexibility index (Phi) is 5.83. The zero-order chi connectivity index (χ0) is 12.0. The fourth-order valence-corrected chi connectivity index (χ4v) is 2.44. The molecule has 0 fully saturated rings. The quantitative estimate of drug-likeness (QED) is 0.637. The van der Waals surface area contributed by atoms with Gasteiger partial charge in [0.2, 0.25) is 0 Å². The molecule has 0 saturated heterocycles. The van der Waals surface area contributed by atoms with Crippen LogP contribution in [0.3, 0.4) is 0 Å². The van der Waals surface area contributed by atoms with Gasteiger partial charge in [-0.05, 0) is 36.0 Å². The molecule has 0 N–H and O–H groups in total. The van der Waals surface area contributed by atoms with Crippen molar-refractivity contribution in [2.24, 2.45) is 11.8 Å². The fraction of sp³-hybridized carbons (Fsp3) is 0.571. The van der Waals surface area contributed by atoms with Gasteiger partial charge in [0.15, 0.2) is 0 Å². The summed E-state index contributed by atoms with van der Waals surface area (Å²) in [6, 6.07) is 6.75. The average molecular weight is 243 g/mol. The van der Waals surface area contributed by atoms with Crippen LogP contribution >= 0.6 is 11.6 Å². The molecule has 0 aliphatic carbocycles. The van der Waals surface area contributed by atoms with Crippen LogP contribution in [0, 0.1) is 17.7 Å². The summed E-state index contributed by atoms with van der Waals surface area (Å²) in [6.45, 7) is 4.44. The standard InChI is InChI=1S/C14H20ClF/c1-3-4-11(2)13(10-15)9-12-5-7-14(16)8-6-12/h5-8,11,13H,3-4,9-10H2,1-2H3. The van der Waals surface area contributed by atoms with Crippen molar-refractivity contribution in [2.75, 3.05) is 5.88 Å². The molecule has 0 heterocycles. The molecule has 0 aliphatic rings. The first-order valence-electron chi connectivity index (χ1n) is 5.97. The zero-order valence-electron chi connectivity index (χ0n) is 10.0. The molecule has 1 aromatic rings. The van der Waals surface area contributed by atoms with Crippen LogP contribution in [0.15, 0.2) is 24.3 Å². The van der Waals surface area contributed by atoms with Crippen molar-refractivity contribution in [1.82, 2.24) is 0 Å². The van der Waals surface area contributed by atoms with Gasteiger partial charge in [0.25, 0.3) is 0 Å². The molecule has 1 aromatic carbocycles. The van der Waals surface area contributed by atoms with Crippen molar-refractivity contribution in [3.05, 3.63) is 35.6 Å². The Labute approximate surface area is 103 Å². The van der Waals surface area contributed by atoms with Gasteiger partial charge in [0.1, 0.15) is 5.82 Å². The van der Waals surface area contributed by atoms with Crippen molar-refractivity contribution < 1.29 is 4.39 Å². The number of benzene rings is 1. The van der Waals surface area contributed by atoms with Crippen molar-refractivity contribution in [2.45, 2.75) is 33.1 Å². The van der Waals surface area contributed by atoms with Crippen LogP contribution in [0.5, 0.6) is 0 Å². The first-order chi connectivity index (χ1) is 7.67. The third-order valence-electron chi connectivity index (χ3n) is 3.16. The number of alkyl halides is 1. The van der Waals surface area contributed by atoms with Gasteiger partial charge in [-0.1, -0.05) is 38.8 Å². The molecule has 0 bridgehead atoms. The third-order valence-corrected chi connectivity index (χ3v) is 3.55. The fourth-order valence-electron chi connectivity index (χ4n) is 2.02. The minimum Gasteiger partial charge on any atom is -0.207 e. The zero-order valence-corrected chi connectivity index (χ0v) is 10.8. The van der Waals surface area contributed by atoms with E-state index in [0.29, 0.717) is 17.7 Å². The van der Waals surface area contributed by atoms with E-state index in [2.05, 4.69) is 13.8 Å². The second-order valence-electron chi connectivity index (χ2n) is 4.51. The predicted octanol–water partition coefficient (Wildman–Crippen LogP) is 4.66. The molecule has 0 aliphatic heterocycles. The smallest absolute Gasteiger partial charge is 0.123 e. The molecular weight excluding hydrogens is 223 g/mol. The summed E-state index contributed by atoms with van der Waals surface area (Å²) >= 11 is 6.01. The van der Waals surface area contributed by atoms with Gasteiger partial charge in [-0.25, -0.2) is 4.39 Å². The SMILES string of the molecule is CCCC(C)C(CCl)Cc1ccc(F)cc1. The van der Waals surface area contributed by atoms with Crippen molar-refractivity contribution in [3.8, 4) is 0 Å². The summed E-state index contributed by atoms with van der Waals surface area (Å²) in [5, 5.41) is 0. The first-order valence-corrected chi connectivity index (χ1v) is 6.51. The van der Waals surface area contributed by atoms with Crippen molar-refractivity contribution in [3.63, 3.8) is 0 Å². The maximum atomic E-state index is 12.8. The largest absolute Gasteiger partial charge is 0.207 e. The lowest BCUT2D eigenvalue weighted by molar-refractivity contribution is 0.363. The second-order valence-corrected chi connectivity index (χ2v) is 4.82. The average Bonchev–Trinajstić information content (AvgIpc) is 2.28. The van der Waals surface area contributed by atoms with E-state index in [-0.39, 0.29) is 5.82 Å². The van der Waals surface area contributed by atoms with E-state index in [1.807, 2.05) is 12.1 Å². The molecule has 0 aromatic heterocycles. The maximum Gasteiger partial charge on any atom is 0.123 e. The summed E-state index contributed by atoms with van der Waals surface area (Å²) in [5.74, 6) is 1.63. The molecule has 0 radical (unpaired) electrons. The molecule has 1 rings (SSSR count). The molecule has 0 nitrogen and oxygen atoms in total. The van der Waals surface area contributed by atoms with Gasteiger partial charge >= 0.3 is 0 Å². The topological polar surface area (TPSA) is 0 Å². The molecule has 0 spiro atoms. The van der Waals surface area contributed by atoms with Crippen LogP contribution in [-0.4, -0.2) is 5.88 Å². The summed E-state index contributed by atoms with van der Waals surface area (Å²) < 4.78 is 12.8. The Morgan fingerprint density at radius 3 is 2.38 bits per heavy atom. The van der Waals surface area contributed by atoms with Crippen molar-refractivity contribution in [1.29, 1.82) is 0 Å². The van der Waals surface area contributed by atoms with Gasteiger partial charge < -0.3 is 0 Å². The highest BCUT2D eigenvalue weighted by Crippen LogP contribution is 2.23. The minimum atomic E-state index is -0.173. The monoisotopic (exact) mass is 242 g/mol. The summed E-state index contributed by atoms with van der Waals surface area (Å²) in [5.41, 5.74) is 1.18. The number of hydrogen-bond donors (Lipinski definition) is 0. The maximum absolute atomic E-state index is 12.8. The number of halogens is 2. The van der Waals surface area contributed by atoms with E-state index in [1.165, 1.54) is 30.5 Å². The van der Waals surface area contributed by atoms with Crippen molar-refractivity contribution >= 4 is 11.6 Å². The van der Waals surface area contributed by atoms with E-state index < -0.39 is 0 Å². The molecule has 0 amide bonds. The molecular formula is C14H20ClF. The Balaban J connectivity index is 2.59. The van der Waals surface area contributed by atoms with E-state index in [0.717, 1.165) is 6.42 Å². The lowest BCUT2D eigenvalue weighted by Crippen LogP contribution is -2.16. The van der Waals surface area contributed by atoms with Gasteiger partial charge in [-0.15, -0.1) is 11.6 Å².